The second-order valence-electron chi connectivity index (χ2n) is 8.08. The van der Waals surface area contributed by atoms with E-state index in [0.29, 0.717) is 23.2 Å². The van der Waals surface area contributed by atoms with E-state index in [2.05, 4.69) is 45.1 Å². The van der Waals surface area contributed by atoms with Gasteiger partial charge in [0.05, 0.1) is 5.56 Å². The zero-order chi connectivity index (χ0) is 24.0. The number of urea groups is 1. The van der Waals surface area contributed by atoms with E-state index in [9.17, 15) is 4.79 Å². The number of ether oxygens (including phenoxy) is 1. The van der Waals surface area contributed by atoms with Gasteiger partial charge in [-0.1, -0.05) is 26.0 Å². The van der Waals surface area contributed by atoms with Crippen molar-refractivity contribution in [2.24, 2.45) is 4.99 Å². The monoisotopic (exact) mass is 456 g/mol. The molecule has 1 aliphatic heterocycles. The SMILES string of the molecule is CNC1(c2cccnc2Oc2ccc(NC(=O)Nc3ccc(C(C)C)cc3)cc2)N=CC=CN1. The van der Waals surface area contributed by atoms with Crippen LogP contribution in [0.4, 0.5) is 16.2 Å². The molecule has 4 rings (SSSR count). The number of hydrogen-bond donors (Lipinski definition) is 4. The highest BCUT2D eigenvalue weighted by molar-refractivity contribution is 5.99. The van der Waals surface area contributed by atoms with E-state index in [0.717, 1.165) is 11.3 Å². The molecule has 34 heavy (non-hydrogen) atoms. The van der Waals surface area contributed by atoms with Gasteiger partial charge in [-0.2, -0.15) is 0 Å². The van der Waals surface area contributed by atoms with Gasteiger partial charge >= 0.3 is 6.03 Å². The van der Waals surface area contributed by atoms with Crippen molar-refractivity contribution in [1.82, 2.24) is 15.6 Å². The topological polar surface area (TPSA) is 99.7 Å². The highest BCUT2D eigenvalue weighted by atomic mass is 16.5. The molecule has 0 fully saturated rings. The summed E-state index contributed by atoms with van der Waals surface area (Å²) in [5.74, 6) is 0.570. The van der Waals surface area contributed by atoms with Crippen molar-refractivity contribution in [2.75, 3.05) is 17.7 Å². The molecule has 0 radical (unpaired) electrons. The van der Waals surface area contributed by atoms with E-state index in [1.165, 1.54) is 5.56 Å². The maximum Gasteiger partial charge on any atom is 0.323 e. The molecule has 8 nitrogen and oxygen atoms in total. The fraction of sp³-hybridized carbons (Fsp3) is 0.192. The Kier molecular flexibility index (Phi) is 6.89. The molecule has 2 heterocycles. The van der Waals surface area contributed by atoms with Gasteiger partial charge in [-0.3, -0.25) is 5.32 Å². The minimum Gasteiger partial charge on any atom is -0.439 e. The molecule has 0 bridgehead atoms. The lowest BCUT2D eigenvalue weighted by atomic mass is 10.0. The van der Waals surface area contributed by atoms with Gasteiger partial charge in [-0.25, -0.2) is 14.8 Å². The standard InChI is InChI=1S/C26H28N6O2/c1-18(2)19-7-9-20(10-8-19)31-25(33)32-21-11-13-22(14-12-21)34-24-23(6-4-15-28-24)26(27-3)29-16-5-17-30-26/h4-18,27,29H,1-3H3,(H2,31,32,33). The third-order valence-electron chi connectivity index (χ3n) is 5.43. The number of allylic oxidation sites excluding steroid dienone is 1. The average molecular weight is 457 g/mol. The number of hydrogen-bond acceptors (Lipinski definition) is 6. The minimum absolute atomic E-state index is 0.316. The first-order chi connectivity index (χ1) is 16.5. The van der Waals surface area contributed by atoms with Crippen LogP contribution in [0.1, 0.15) is 30.9 Å². The van der Waals surface area contributed by atoms with Crippen LogP contribution in [0.3, 0.4) is 0 Å². The van der Waals surface area contributed by atoms with Crippen molar-refractivity contribution < 1.29 is 9.53 Å². The molecule has 8 heteroatoms. The Balaban J connectivity index is 1.41. The van der Waals surface area contributed by atoms with Crippen LogP contribution < -0.4 is 26.0 Å². The van der Waals surface area contributed by atoms with Gasteiger partial charge in [0.15, 0.2) is 0 Å². The van der Waals surface area contributed by atoms with Crippen LogP contribution in [-0.4, -0.2) is 24.3 Å². The largest absolute Gasteiger partial charge is 0.439 e. The van der Waals surface area contributed by atoms with Crippen molar-refractivity contribution in [1.29, 1.82) is 0 Å². The van der Waals surface area contributed by atoms with Gasteiger partial charge in [0.2, 0.25) is 11.7 Å². The summed E-state index contributed by atoms with van der Waals surface area (Å²) >= 11 is 0. The summed E-state index contributed by atoms with van der Waals surface area (Å²) in [6.07, 6.45) is 7.01. The van der Waals surface area contributed by atoms with Gasteiger partial charge in [-0.15, -0.1) is 0 Å². The molecule has 0 spiro atoms. The van der Waals surface area contributed by atoms with Gasteiger partial charge in [0.1, 0.15) is 5.75 Å². The number of carbonyl (C=O) groups is 1. The minimum atomic E-state index is -0.870. The highest BCUT2D eigenvalue weighted by Crippen LogP contribution is 2.32. The molecule has 174 valence electrons. The predicted molar refractivity (Wildman–Crippen MR) is 135 cm³/mol. The van der Waals surface area contributed by atoms with Crippen molar-refractivity contribution in [3.8, 4) is 11.6 Å². The first-order valence-corrected chi connectivity index (χ1v) is 11.1. The van der Waals surface area contributed by atoms with Crippen molar-refractivity contribution in [3.63, 3.8) is 0 Å². The lowest BCUT2D eigenvalue weighted by Gasteiger charge is -2.32. The number of amides is 2. The summed E-state index contributed by atoms with van der Waals surface area (Å²) in [4.78, 5) is 21.3. The molecule has 2 aromatic carbocycles. The van der Waals surface area contributed by atoms with E-state index in [1.807, 2.05) is 55.7 Å². The van der Waals surface area contributed by atoms with Crippen LogP contribution in [0.2, 0.25) is 0 Å². The second kappa shape index (κ2) is 10.2. The molecule has 1 atom stereocenters. The molecule has 1 aromatic heterocycles. The Morgan fingerprint density at radius 2 is 1.68 bits per heavy atom. The number of carbonyl (C=O) groups excluding carboxylic acids is 1. The van der Waals surface area contributed by atoms with Crippen LogP contribution in [0.25, 0.3) is 0 Å². The molecule has 1 aliphatic rings. The summed E-state index contributed by atoms with van der Waals surface area (Å²) < 4.78 is 6.06. The summed E-state index contributed by atoms with van der Waals surface area (Å²) in [5.41, 5.74) is 3.33. The summed E-state index contributed by atoms with van der Waals surface area (Å²) in [5, 5.41) is 12.1. The number of pyridine rings is 1. The number of aromatic nitrogens is 1. The maximum atomic E-state index is 12.4. The Morgan fingerprint density at radius 3 is 2.26 bits per heavy atom. The summed E-state index contributed by atoms with van der Waals surface area (Å²) in [6.45, 7) is 4.27. The molecule has 1 unspecified atom stereocenters. The van der Waals surface area contributed by atoms with Gasteiger partial charge < -0.3 is 20.7 Å². The van der Waals surface area contributed by atoms with Crippen LogP contribution >= 0.6 is 0 Å². The Morgan fingerprint density at radius 1 is 1.00 bits per heavy atom. The van der Waals surface area contributed by atoms with E-state index in [4.69, 9.17) is 4.74 Å². The molecule has 0 saturated carbocycles. The van der Waals surface area contributed by atoms with E-state index >= 15 is 0 Å². The molecule has 3 aromatic rings. The number of benzene rings is 2. The lowest BCUT2D eigenvalue weighted by Crippen LogP contribution is -2.50. The van der Waals surface area contributed by atoms with Crippen LogP contribution in [0.15, 0.2) is 84.1 Å². The number of nitrogens with zero attached hydrogens (tertiary/aromatic N) is 2. The zero-order valence-electron chi connectivity index (χ0n) is 19.4. The summed E-state index contributed by atoms with van der Waals surface area (Å²) in [7, 11) is 1.81. The van der Waals surface area contributed by atoms with Crippen molar-refractivity contribution >= 4 is 23.6 Å². The van der Waals surface area contributed by atoms with Crippen LogP contribution in [0, 0.1) is 0 Å². The molecular weight excluding hydrogens is 428 g/mol. The van der Waals surface area contributed by atoms with Gasteiger partial charge in [-0.05, 0) is 73.1 Å². The van der Waals surface area contributed by atoms with E-state index < -0.39 is 5.79 Å². The fourth-order valence-corrected chi connectivity index (χ4v) is 3.53. The first kappa shape index (κ1) is 23.0. The molecular formula is C26H28N6O2. The van der Waals surface area contributed by atoms with Crippen LogP contribution in [-0.2, 0) is 5.79 Å². The van der Waals surface area contributed by atoms with Crippen molar-refractivity contribution in [2.45, 2.75) is 25.6 Å². The number of nitrogens with one attached hydrogen (secondary N) is 4. The number of aliphatic imine (C=N–C) groups is 1. The highest BCUT2D eigenvalue weighted by Gasteiger charge is 2.33. The van der Waals surface area contributed by atoms with Gasteiger partial charge in [0, 0.05) is 30.0 Å². The normalized spacial score (nSPS) is 16.7. The Hall–Kier alpha value is -4.17. The predicted octanol–water partition coefficient (Wildman–Crippen LogP) is 5.16. The van der Waals surface area contributed by atoms with Gasteiger partial charge in [0.25, 0.3) is 0 Å². The average Bonchev–Trinajstić information content (AvgIpc) is 2.86. The molecule has 0 aliphatic carbocycles. The first-order valence-electron chi connectivity index (χ1n) is 11.1. The third-order valence-corrected chi connectivity index (χ3v) is 5.43. The third kappa shape index (κ3) is 5.24. The maximum absolute atomic E-state index is 12.4. The fourth-order valence-electron chi connectivity index (χ4n) is 3.53. The second-order valence-corrected chi connectivity index (χ2v) is 8.08. The van der Waals surface area contributed by atoms with E-state index in [1.54, 1.807) is 36.7 Å². The lowest BCUT2D eigenvalue weighted by molar-refractivity contribution is 0.262. The quantitative estimate of drug-likeness (QED) is 0.394. The zero-order valence-corrected chi connectivity index (χ0v) is 19.4. The Bertz CT molecular complexity index is 1190. The molecule has 0 saturated heterocycles. The Labute approximate surface area is 199 Å². The van der Waals surface area contributed by atoms with Crippen molar-refractivity contribution in [3.05, 3.63) is 90.3 Å². The van der Waals surface area contributed by atoms with Crippen LogP contribution in [0.5, 0.6) is 11.6 Å². The van der Waals surface area contributed by atoms with E-state index in [-0.39, 0.29) is 6.03 Å². The smallest absolute Gasteiger partial charge is 0.323 e. The number of rotatable bonds is 7. The molecule has 4 N–H and O–H groups in total. The molecule has 2 amide bonds. The summed E-state index contributed by atoms with van der Waals surface area (Å²) in [6, 6.07) is 18.3. The number of anilines is 2.